The van der Waals surface area contributed by atoms with Crippen LogP contribution in [-0.4, -0.2) is 28.9 Å². The van der Waals surface area contributed by atoms with Crippen molar-refractivity contribution >= 4 is 28.6 Å². The van der Waals surface area contributed by atoms with Gasteiger partial charge in [0.05, 0.1) is 16.1 Å². The number of non-ortho nitro benzene ring substituents is 1. The molecule has 2 rings (SSSR count). The van der Waals surface area contributed by atoms with Crippen LogP contribution < -0.4 is 10.6 Å². The number of hydrogen-bond donors (Lipinski definition) is 2. The van der Waals surface area contributed by atoms with Crippen molar-refractivity contribution in [3.63, 3.8) is 0 Å². The molecule has 1 amide bonds. The largest absolute Gasteiger partial charge is 0.383 e. The SMILES string of the molecule is Cc1ncc(C(=O)NCCNc2ccc([N+](=O)[O-])cc2)s1. The van der Waals surface area contributed by atoms with E-state index in [4.69, 9.17) is 0 Å². The van der Waals surface area contributed by atoms with Crippen molar-refractivity contribution < 1.29 is 9.72 Å². The Kier molecular flexibility index (Phi) is 4.83. The molecule has 7 nitrogen and oxygen atoms in total. The van der Waals surface area contributed by atoms with E-state index in [9.17, 15) is 14.9 Å². The second kappa shape index (κ2) is 6.80. The van der Waals surface area contributed by atoms with Gasteiger partial charge in [0, 0.05) is 30.9 Å². The van der Waals surface area contributed by atoms with Gasteiger partial charge in [0.15, 0.2) is 0 Å². The topological polar surface area (TPSA) is 97.2 Å². The first-order chi connectivity index (χ1) is 10.1. The van der Waals surface area contributed by atoms with Crippen molar-refractivity contribution in [2.24, 2.45) is 0 Å². The Morgan fingerprint density at radius 1 is 1.33 bits per heavy atom. The summed E-state index contributed by atoms with van der Waals surface area (Å²) < 4.78 is 0. The van der Waals surface area contributed by atoms with Crippen molar-refractivity contribution in [1.29, 1.82) is 0 Å². The maximum Gasteiger partial charge on any atom is 0.269 e. The molecule has 1 aromatic heterocycles. The molecule has 2 aromatic rings. The molecule has 110 valence electrons. The number of nitro groups is 1. The summed E-state index contributed by atoms with van der Waals surface area (Å²) in [4.78, 5) is 26.4. The van der Waals surface area contributed by atoms with Crippen molar-refractivity contribution in [2.45, 2.75) is 6.92 Å². The Morgan fingerprint density at radius 2 is 2.05 bits per heavy atom. The lowest BCUT2D eigenvalue weighted by Gasteiger charge is -2.07. The summed E-state index contributed by atoms with van der Waals surface area (Å²) in [5.41, 5.74) is 0.818. The molecule has 0 aliphatic rings. The van der Waals surface area contributed by atoms with Gasteiger partial charge < -0.3 is 10.6 Å². The van der Waals surface area contributed by atoms with E-state index >= 15 is 0 Å². The number of carbonyl (C=O) groups is 1. The molecule has 0 bridgehead atoms. The van der Waals surface area contributed by atoms with E-state index < -0.39 is 4.92 Å². The van der Waals surface area contributed by atoms with Crippen LogP contribution in [0.4, 0.5) is 11.4 Å². The molecule has 1 heterocycles. The average Bonchev–Trinajstić information content (AvgIpc) is 2.90. The van der Waals surface area contributed by atoms with Crippen LogP contribution in [0.5, 0.6) is 0 Å². The lowest BCUT2D eigenvalue weighted by molar-refractivity contribution is -0.384. The number of aromatic nitrogens is 1. The van der Waals surface area contributed by atoms with Gasteiger partial charge in [-0.3, -0.25) is 14.9 Å². The molecular formula is C13H14N4O3S. The molecule has 8 heteroatoms. The molecule has 0 unspecified atom stereocenters. The van der Waals surface area contributed by atoms with Crippen molar-refractivity contribution in [3.05, 3.63) is 50.5 Å². The standard InChI is InChI=1S/C13H14N4O3S/c1-9-16-8-12(21-9)13(18)15-7-6-14-10-2-4-11(5-3-10)17(19)20/h2-5,8,14H,6-7H2,1H3,(H,15,18). The van der Waals surface area contributed by atoms with Crippen LogP contribution >= 0.6 is 11.3 Å². The highest BCUT2D eigenvalue weighted by atomic mass is 32.1. The summed E-state index contributed by atoms with van der Waals surface area (Å²) in [6.45, 7) is 2.83. The van der Waals surface area contributed by atoms with E-state index in [1.807, 2.05) is 6.92 Å². The minimum Gasteiger partial charge on any atom is -0.383 e. The number of benzene rings is 1. The Bertz CT molecular complexity index is 639. The summed E-state index contributed by atoms with van der Waals surface area (Å²) in [7, 11) is 0. The molecule has 21 heavy (non-hydrogen) atoms. The van der Waals surface area contributed by atoms with E-state index in [1.54, 1.807) is 18.3 Å². The van der Waals surface area contributed by atoms with Gasteiger partial charge in [-0.05, 0) is 19.1 Å². The van der Waals surface area contributed by atoms with Crippen LogP contribution in [0.2, 0.25) is 0 Å². The van der Waals surface area contributed by atoms with Gasteiger partial charge >= 0.3 is 0 Å². The zero-order valence-electron chi connectivity index (χ0n) is 11.3. The normalized spacial score (nSPS) is 10.1. The van der Waals surface area contributed by atoms with Crippen LogP contribution in [0.15, 0.2) is 30.5 Å². The van der Waals surface area contributed by atoms with E-state index in [1.165, 1.54) is 23.5 Å². The number of nitrogens with one attached hydrogen (secondary N) is 2. The zero-order chi connectivity index (χ0) is 15.2. The fourth-order valence-corrected chi connectivity index (χ4v) is 2.33. The smallest absolute Gasteiger partial charge is 0.269 e. The molecule has 0 spiro atoms. The molecule has 0 atom stereocenters. The van der Waals surface area contributed by atoms with Crippen LogP contribution in [0, 0.1) is 17.0 Å². The second-order valence-electron chi connectivity index (χ2n) is 4.23. The number of anilines is 1. The fraction of sp³-hybridized carbons (Fsp3) is 0.231. The average molecular weight is 306 g/mol. The monoisotopic (exact) mass is 306 g/mol. The molecule has 0 saturated heterocycles. The highest BCUT2D eigenvalue weighted by Crippen LogP contribution is 2.15. The quantitative estimate of drug-likeness (QED) is 0.484. The highest BCUT2D eigenvalue weighted by molar-refractivity contribution is 7.13. The first kappa shape index (κ1) is 14.9. The lowest BCUT2D eigenvalue weighted by Crippen LogP contribution is -2.28. The van der Waals surface area contributed by atoms with Crippen molar-refractivity contribution in [1.82, 2.24) is 10.3 Å². The minimum absolute atomic E-state index is 0.0504. The predicted molar refractivity (Wildman–Crippen MR) is 80.8 cm³/mol. The van der Waals surface area contributed by atoms with Gasteiger partial charge in [0.1, 0.15) is 4.88 Å². The van der Waals surface area contributed by atoms with Gasteiger partial charge in [0.2, 0.25) is 0 Å². The maximum absolute atomic E-state index is 11.7. The summed E-state index contributed by atoms with van der Waals surface area (Å²) in [5, 5.41) is 17.2. The Labute approximate surface area is 125 Å². The summed E-state index contributed by atoms with van der Waals surface area (Å²) in [6, 6.07) is 6.13. The molecule has 0 aliphatic carbocycles. The van der Waals surface area contributed by atoms with Gasteiger partial charge in [-0.25, -0.2) is 4.98 Å². The second-order valence-corrected chi connectivity index (χ2v) is 5.46. The van der Waals surface area contributed by atoms with E-state index in [0.717, 1.165) is 10.7 Å². The number of nitrogens with zero attached hydrogens (tertiary/aromatic N) is 2. The van der Waals surface area contributed by atoms with E-state index in [2.05, 4.69) is 15.6 Å². The number of aryl methyl sites for hydroxylation is 1. The van der Waals surface area contributed by atoms with Gasteiger partial charge in [0.25, 0.3) is 11.6 Å². The third kappa shape index (κ3) is 4.25. The molecule has 0 radical (unpaired) electrons. The van der Waals surface area contributed by atoms with Crippen molar-refractivity contribution in [2.75, 3.05) is 18.4 Å². The van der Waals surface area contributed by atoms with Gasteiger partial charge in [-0.15, -0.1) is 11.3 Å². The van der Waals surface area contributed by atoms with E-state index in [0.29, 0.717) is 18.0 Å². The number of nitro benzene ring substituents is 1. The van der Waals surface area contributed by atoms with Crippen LogP contribution in [0.3, 0.4) is 0 Å². The molecule has 0 fully saturated rings. The van der Waals surface area contributed by atoms with Crippen LogP contribution in [0.1, 0.15) is 14.7 Å². The van der Waals surface area contributed by atoms with Gasteiger partial charge in [-0.1, -0.05) is 0 Å². The number of thiazole rings is 1. The highest BCUT2D eigenvalue weighted by Gasteiger charge is 2.08. The number of amides is 1. The van der Waals surface area contributed by atoms with E-state index in [-0.39, 0.29) is 11.6 Å². The Morgan fingerprint density at radius 3 is 2.62 bits per heavy atom. The van der Waals surface area contributed by atoms with Gasteiger partial charge in [-0.2, -0.15) is 0 Å². The maximum atomic E-state index is 11.7. The molecule has 1 aromatic carbocycles. The number of carbonyl (C=O) groups excluding carboxylic acids is 1. The van der Waals surface area contributed by atoms with Crippen molar-refractivity contribution in [3.8, 4) is 0 Å². The summed E-state index contributed by atoms with van der Waals surface area (Å²) >= 11 is 1.35. The number of rotatable bonds is 6. The molecule has 2 N–H and O–H groups in total. The third-order valence-electron chi connectivity index (χ3n) is 2.66. The first-order valence-corrected chi connectivity index (χ1v) is 7.07. The summed E-state index contributed by atoms with van der Waals surface area (Å²) in [5.74, 6) is -0.147. The minimum atomic E-state index is -0.443. The Balaban J connectivity index is 1.74. The lowest BCUT2D eigenvalue weighted by atomic mass is 10.3. The van der Waals surface area contributed by atoms with Crippen LogP contribution in [-0.2, 0) is 0 Å². The summed E-state index contributed by atoms with van der Waals surface area (Å²) in [6.07, 6.45) is 1.55. The number of hydrogen-bond acceptors (Lipinski definition) is 6. The molecule has 0 aliphatic heterocycles. The zero-order valence-corrected chi connectivity index (χ0v) is 12.1. The fourth-order valence-electron chi connectivity index (χ4n) is 1.64. The third-order valence-corrected chi connectivity index (χ3v) is 3.57. The molecule has 0 saturated carbocycles. The predicted octanol–water partition coefficient (Wildman–Crippen LogP) is 2.20. The van der Waals surface area contributed by atoms with Crippen LogP contribution in [0.25, 0.3) is 0 Å². The first-order valence-electron chi connectivity index (χ1n) is 6.25. The Hall–Kier alpha value is -2.48. The molecular weight excluding hydrogens is 292 g/mol.